The number of thiol groups is 1. The van der Waals surface area contributed by atoms with Crippen molar-refractivity contribution in [2.24, 2.45) is 11.3 Å². The summed E-state index contributed by atoms with van der Waals surface area (Å²) in [6.45, 7) is 12.2. The van der Waals surface area contributed by atoms with Crippen LogP contribution in [0.1, 0.15) is 170 Å². The lowest BCUT2D eigenvalue weighted by molar-refractivity contribution is -0.259. The maximum Gasteiger partial charge on any atom is 0.374 e. The van der Waals surface area contributed by atoms with Crippen LogP contribution >= 0.6 is 21.1 Å². The zero-order valence-electron chi connectivity index (χ0n) is 27.6. The van der Waals surface area contributed by atoms with Crippen molar-refractivity contribution in [3.63, 3.8) is 0 Å². The standard InChI is InChI=1S/C33H67O6PS/c1-7-10-12-14-15-16-17-18-19-21-23-25-28(24-22-20-13-11-8-2)26-30(41)38-29(9-3)39-33(35,40-36)31(34)37-27-32(4,5)6/h28-30,35,41H,7-27,40H2,1-6H3. The largest absolute Gasteiger partial charge is 0.461 e. The topological polar surface area (TPSA) is 82.1 Å². The molecule has 0 spiro atoms. The van der Waals surface area contributed by atoms with Gasteiger partial charge >= 0.3 is 11.5 Å². The van der Waals surface area contributed by atoms with Crippen LogP contribution in [0.5, 0.6) is 0 Å². The van der Waals surface area contributed by atoms with E-state index in [-0.39, 0.29) is 12.0 Å². The lowest BCUT2D eigenvalue weighted by atomic mass is 9.91. The molecule has 0 aliphatic rings. The van der Waals surface area contributed by atoms with Crippen molar-refractivity contribution < 1.29 is 28.7 Å². The Morgan fingerprint density at radius 2 is 1.22 bits per heavy atom. The highest BCUT2D eigenvalue weighted by atomic mass is 32.1. The maximum atomic E-state index is 12.5. The van der Waals surface area contributed by atoms with Gasteiger partial charge in [0.05, 0.1) is 6.61 Å². The van der Waals surface area contributed by atoms with Crippen LogP contribution < -0.4 is 0 Å². The first-order valence-electron chi connectivity index (χ1n) is 16.9. The van der Waals surface area contributed by atoms with Gasteiger partial charge in [-0.3, -0.25) is 0 Å². The van der Waals surface area contributed by atoms with Gasteiger partial charge in [0.1, 0.15) is 13.9 Å². The van der Waals surface area contributed by atoms with Gasteiger partial charge in [0.15, 0.2) is 6.29 Å². The Kier molecular flexibility index (Phi) is 25.2. The summed E-state index contributed by atoms with van der Waals surface area (Å²) < 4.78 is 28.6. The number of esters is 1. The van der Waals surface area contributed by atoms with E-state index < -0.39 is 31.7 Å². The molecule has 0 heterocycles. The maximum absolute atomic E-state index is 12.5. The summed E-state index contributed by atoms with van der Waals surface area (Å²) in [4.78, 5) is 12.5. The number of unbranched alkanes of at least 4 members (excludes halogenated alkanes) is 14. The van der Waals surface area contributed by atoms with E-state index in [0.29, 0.717) is 12.3 Å². The van der Waals surface area contributed by atoms with E-state index in [1.807, 2.05) is 27.7 Å². The number of hydrogen-bond donors (Lipinski definition) is 2. The second kappa shape index (κ2) is 25.3. The van der Waals surface area contributed by atoms with Crippen LogP contribution in [-0.4, -0.2) is 34.9 Å². The van der Waals surface area contributed by atoms with Crippen LogP contribution in [0.25, 0.3) is 0 Å². The smallest absolute Gasteiger partial charge is 0.374 e. The summed E-state index contributed by atoms with van der Waals surface area (Å²) in [6.07, 6.45) is 23.6. The molecule has 0 aliphatic carbocycles. The Bertz CT molecular complexity index is 644. The summed E-state index contributed by atoms with van der Waals surface area (Å²) in [5.41, 5.74) is -3.18. The third-order valence-corrected chi connectivity index (χ3v) is 8.53. The van der Waals surface area contributed by atoms with Crippen LogP contribution in [0.3, 0.4) is 0 Å². The average Bonchev–Trinajstić information content (AvgIpc) is 2.93. The van der Waals surface area contributed by atoms with Crippen molar-refractivity contribution in [2.75, 3.05) is 6.61 Å². The monoisotopic (exact) mass is 622 g/mol. The molecule has 0 aromatic carbocycles. The Morgan fingerprint density at radius 3 is 1.61 bits per heavy atom. The van der Waals surface area contributed by atoms with Crippen LogP contribution in [0.15, 0.2) is 0 Å². The number of carbonyl (C=O) groups excluding carboxylic acids is 1. The van der Waals surface area contributed by atoms with Gasteiger partial charge in [0.2, 0.25) is 0 Å². The molecular weight excluding hydrogens is 555 g/mol. The molecule has 0 fully saturated rings. The molecule has 1 N–H and O–H groups in total. The number of carbonyl (C=O) groups is 1. The fourth-order valence-corrected chi connectivity index (χ4v) is 5.77. The van der Waals surface area contributed by atoms with Gasteiger partial charge in [-0.05, 0) is 24.2 Å². The van der Waals surface area contributed by atoms with E-state index in [1.54, 1.807) is 0 Å². The number of ether oxygens (including phenoxy) is 3. The molecule has 0 saturated heterocycles. The van der Waals surface area contributed by atoms with Gasteiger partial charge in [-0.2, -0.15) is 0 Å². The molecule has 5 unspecified atom stereocenters. The number of aliphatic hydroxyl groups is 1. The van der Waals surface area contributed by atoms with Crippen molar-refractivity contribution in [3.05, 3.63) is 0 Å². The summed E-state index contributed by atoms with van der Waals surface area (Å²) in [6, 6.07) is 0. The van der Waals surface area contributed by atoms with Gasteiger partial charge < -0.3 is 23.9 Å². The minimum atomic E-state index is -2.49. The summed E-state index contributed by atoms with van der Waals surface area (Å²) in [5.74, 6) is -0.521. The highest BCUT2D eigenvalue weighted by molar-refractivity contribution is 7.80. The molecule has 0 saturated carbocycles. The fraction of sp³-hybridized carbons (Fsp3) is 0.970. The van der Waals surface area contributed by atoms with Crippen LogP contribution in [0.4, 0.5) is 0 Å². The number of rotatable bonds is 28. The van der Waals surface area contributed by atoms with Crippen LogP contribution in [-0.2, 0) is 23.6 Å². The number of hydrogen-bond acceptors (Lipinski definition) is 7. The molecule has 0 aromatic rings. The van der Waals surface area contributed by atoms with Crippen LogP contribution in [0, 0.1) is 11.3 Å². The lowest BCUT2D eigenvalue weighted by Gasteiger charge is -2.30. The SMILES string of the molecule is CCCCCCCCCCCCCC(CCCCCCC)CC(S)OC(CC)OC(O)([PH2]=O)C(=O)OCC(C)(C)C. The molecule has 0 aliphatic heterocycles. The average molecular weight is 623 g/mol. The van der Waals surface area contributed by atoms with E-state index >= 15 is 0 Å². The van der Waals surface area contributed by atoms with E-state index in [2.05, 4.69) is 13.8 Å². The summed E-state index contributed by atoms with van der Waals surface area (Å²) >= 11 is 4.71. The van der Waals surface area contributed by atoms with Gasteiger partial charge in [-0.25, -0.2) is 4.79 Å². The molecule has 6 nitrogen and oxygen atoms in total. The van der Waals surface area contributed by atoms with Crippen molar-refractivity contribution >= 4 is 27.1 Å². The molecule has 41 heavy (non-hydrogen) atoms. The molecule has 5 atom stereocenters. The molecule has 0 rings (SSSR count). The second-order valence-electron chi connectivity index (χ2n) is 13.1. The van der Waals surface area contributed by atoms with Gasteiger partial charge in [-0.15, -0.1) is 12.6 Å². The quantitative estimate of drug-likeness (QED) is 0.0297. The fourth-order valence-electron chi connectivity index (χ4n) is 4.95. The zero-order valence-corrected chi connectivity index (χ0v) is 29.6. The third kappa shape index (κ3) is 23.0. The predicted octanol–water partition coefficient (Wildman–Crippen LogP) is 10.1. The predicted molar refractivity (Wildman–Crippen MR) is 177 cm³/mol. The van der Waals surface area contributed by atoms with E-state index in [0.717, 1.165) is 19.3 Å². The molecule has 246 valence electrons. The molecule has 0 bridgehead atoms. The first-order valence-corrected chi connectivity index (χ1v) is 18.4. The minimum absolute atomic E-state index is 0.0861. The Morgan fingerprint density at radius 1 is 0.780 bits per heavy atom. The third-order valence-electron chi connectivity index (χ3n) is 7.51. The van der Waals surface area contributed by atoms with E-state index in [9.17, 15) is 14.5 Å². The first kappa shape index (κ1) is 40.9. The van der Waals surface area contributed by atoms with Gasteiger partial charge in [0.25, 0.3) is 0 Å². The summed E-state index contributed by atoms with van der Waals surface area (Å²) in [5, 5.41) is 10.7. The molecule has 0 amide bonds. The molecule has 8 heteroatoms. The highest BCUT2D eigenvalue weighted by Crippen LogP contribution is 2.30. The Hall–Kier alpha value is -0.0700. The molecule has 0 aromatic heterocycles. The summed E-state index contributed by atoms with van der Waals surface area (Å²) in [7, 11) is -1.98. The van der Waals surface area contributed by atoms with Crippen molar-refractivity contribution in [1.82, 2.24) is 0 Å². The normalized spacial score (nSPS) is 16.1. The highest BCUT2D eigenvalue weighted by Gasteiger charge is 2.42. The zero-order chi connectivity index (χ0) is 31.0. The van der Waals surface area contributed by atoms with E-state index in [1.165, 1.54) is 103 Å². The first-order chi connectivity index (χ1) is 19.5. The lowest BCUT2D eigenvalue weighted by Crippen LogP contribution is -2.42. The van der Waals surface area contributed by atoms with Gasteiger partial charge in [0, 0.05) is 0 Å². The molecular formula is C33H67O6PS. The van der Waals surface area contributed by atoms with Gasteiger partial charge in [-0.1, -0.05) is 157 Å². The second-order valence-corrected chi connectivity index (χ2v) is 14.7. The molecule has 0 radical (unpaired) electrons. The van der Waals surface area contributed by atoms with Crippen LogP contribution in [0.2, 0.25) is 0 Å². The minimum Gasteiger partial charge on any atom is -0.461 e. The van der Waals surface area contributed by atoms with Crippen molar-refractivity contribution in [1.29, 1.82) is 0 Å². The van der Waals surface area contributed by atoms with Crippen molar-refractivity contribution in [2.45, 2.75) is 187 Å². The van der Waals surface area contributed by atoms with Crippen molar-refractivity contribution in [3.8, 4) is 0 Å². The Labute approximate surface area is 260 Å². The van der Waals surface area contributed by atoms with E-state index in [4.69, 9.17) is 26.8 Å². The Balaban J connectivity index is 4.73.